The second-order valence-electron chi connectivity index (χ2n) is 8.86. The topological polar surface area (TPSA) is 0 Å². The van der Waals surface area contributed by atoms with Crippen molar-refractivity contribution in [1.29, 1.82) is 0 Å². The first kappa shape index (κ1) is 21.6. The van der Waals surface area contributed by atoms with Crippen molar-refractivity contribution in [2.75, 3.05) is 0 Å². The van der Waals surface area contributed by atoms with Crippen molar-refractivity contribution in [2.24, 2.45) is 0 Å². The van der Waals surface area contributed by atoms with Crippen LogP contribution in [0.15, 0.2) is 124 Å². The van der Waals surface area contributed by atoms with Crippen LogP contribution in [0.1, 0.15) is 27.8 Å². The van der Waals surface area contributed by atoms with E-state index in [1.54, 1.807) is 0 Å². The van der Waals surface area contributed by atoms with Crippen LogP contribution in [-0.4, -0.2) is 0 Å². The Kier molecular flexibility index (Phi) is 5.32. The quantitative estimate of drug-likeness (QED) is 0.200. The highest BCUT2D eigenvalue weighted by Crippen LogP contribution is 2.58. The number of benzene rings is 5. The van der Waals surface area contributed by atoms with Gasteiger partial charge in [-0.05, 0) is 81.3 Å². The Morgan fingerprint density at radius 1 is 0.500 bits per heavy atom. The SMILES string of the molecule is Cc1ccccc1-c1cccc2c1-c1ccccc1C2(c1cccc(Br)c1)c1cccc(Br)c1. The molecule has 0 nitrogen and oxygen atoms in total. The zero-order valence-corrected chi connectivity index (χ0v) is 21.9. The molecule has 0 saturated heterocycles. The average molecular weight is 566 g/mol. The minimum Gasteiger partial charge on any atom is -0.0620 e. The number of hydrogen-bond donors (Lipinski definition) is 0. The molecule has 164 valence electrons. The third kappa shape index (κ3) is 3.16. The van der Waals surface area contributed by atoms with E-state index in [0.717, 1.165) is 8.95 Å². The van der Waals surface area contributed by atoms with E-state index >= 15 is 0 Å². The van der Waals surface area contributed by atoms with Gasteiger partial charge >= 0.3 is 0 Å². The van der Waals surface area contributed by atoms with Gasteiger partial charge in [-0.3, -0.25) is 0 Å². The van der Waals surface area contributed by atoms with Gasteiger partial charge in [-0.2, -0.15) is 0 Å². The molecule has 0 fully saturated rings. The van der Waals surface area contributed by atoms with Gasteiger partial charge in [0.25, 0.3) is 0 Å². The van der Waals surface area contributed by atoms with Crippen LogP contribution >= 0.6 is 31.9 Å². The van der Waals surface area contributed by atoms with Crippen LogP contribution in [0.5, 0.6) is 0 Å². The summed E-state index contributed by atoms with van der Waals surface area (Å²) >= 11 is 7.50. The highest BCUT2D eigenvalue weighted by atomic mass is 79.9. The summed E-state index contributed by atoms with van der Waals surface area (Å²) in [5, 5.41) is 0. The van der Waals surface area contributed by atoms with E-state index in [4.69, 9.17) is 0 Å². The molecule has 34 heavy (non-hydrogen) atoms. The Balaban J connectivity index is 1.80. The summed E-state index contributed by atoms with van der Waals surface area (Å²) in [6.45, 7) is 2.20. The highest BCUT2D eigenvalue weighted by molar-refractivity contribution is 9.10. The van der Waals surface area contributed by atoms with Crippen LogP contribution in [0.3, 0.4) is 0 Å². The first-order chi connectivity index (χ1) is 16.6. The van der Waals surface area contributed by atoms with E-state index in [-0.39, 0.29) is 0 Å². The molecule has 5 aromatic rings. The molecule has 0 spiro atoms. The summed E-state index contributed by atoms with van der Waals surface area (Å²) < 4.78 is 2.17. The zero-order chi connectivity index (χ0) is 23.3. The van der Waals surface area contributed by atoms with Crippen LogP contribution in [0, 0.1) is 6.92 Å². The molecule has 0 radical (unpaired) electrons. The Morgan fingerprint density at radius 3 is 1.68 bits per heavy atom. The molecular weight excluding hydrogens is 544 g/mol. The fraction of sp³-hybridized carbons (Fsp3) is 0.0625. The van der Waals surface area contributed by atoms with Gasteiger partial charge in [0.1, 0.15) is 0 Å². The third-order valence-electron chi connectivity index (χ3n) is 7.02. The number of rotatable bonds is 3. The third-order valence-corrected chi connectivity index (χ3v) is 8.01. The molecule has 0 atom stereocenters. The molecular formula is C32H22Br2. The van der Waals surface area contributed by atoms with Crippen molar-refractivity contribution in [2.45, 2.75) is 12.3 Å². The molecule has 2 heteroatoms. The van der Waals surface area contributed by atoms with Crippen molar-refractivity contribution in [1.82, 2.24) is 0 Å². The average Bonchev–Trinajstić information content (AvgIpc) is 3.16. The van der Waals surface area contributed by atoms with Crippen molar-refractivity contribution < 1.29 is 0 Å². The highest BCUT2D eigenvalue weighted by Gasteiger charge is 2.47. The Bertz CT molecular complexity index is 1500. The van der Waals surface area contributed by atoms with E-state index < -0.39 is 5.41 Å². The molecule has 1 aliphatic carbocycles. The molecule has 0 aromatic heterocycles. The minimum atomic E-state index is -0.418. The van der Waals surface area contributed by atoms with Crippen LogP contribution in [-0.2, 0) is 5.41 Å². The lowest BCUT2D eigenvalue weighted by Crippen LogP contribution is -2.28. The van der Waals surface area contributed by atoms with Gasteiger partial charge in [-0.1, -0.05) is 123 Å². The van der Waals surface area contributed by atoms with E-state index in [0.29, 0.717) is 0 Å². The summed E-state index contributed by atoms with van der Waals surface area (Å²) in [5.74, 6) is 0. The number of aryl methyl sites for hydroxylation is 1. The maximum Gasteiger partial charge on any atom is 0.0714 e. The Hall–Kier alpha value is -2.94. The summed E-state index contributed by atoms with van der Waals surface area (Å²) in [5.41, 5.74) is 11.2. The Labute approximate surface area is 217 Å². The maximum absolute atomic E-state index is 3.75. The summed E-state index contributed by atoms with van der Waals surface area (Å²) in [4.78, 5) is 0. The van der Waals surface area contributed by atoms with Crippen LogP contribution in [0.2, 0.25) is 0 Å². The predicted octanol–water partition coefficient (Wildman–Crippen LogP) is 9.55. The second kappa shape index (κ2) is 8.37. The summed E-state index contributed by atoms with van der Waals surface area (Å²) in [6, 6.07) is 42.0. The first-order valence-electron chi connectivity index (χ1n) is 11.4. The molecule has 0 bridgehead atoms. The minimum absolute atomic E-state index is 0.418. The largest absolute Gasteiger partial charge is 0.0714 e. The van der Waals surface area contributed by atoms with Crippen molar-refractivity contribution in [3.8, 4) is 22.3 Å². The summed E-state index contributed by atoms with van der Waals surface area (Å²) in [6.07, 6.45) is 0. The molecule has 0 amide bonds. The lowest BCUT2D eigenvalue weighted by Gasteiger charge is -2.34. The van der Waals surface area contributed by atoms with E-state index in [2.05, 4.69) is 154 Å². The maximum atomic E-state index is 3.75. The number of halogens is 2. The molecule has 5 aromatic carbocycles. The van der Waals surface area contributed by atoms with E-state index in [9.17, 15) is 0 Å². The molecule has 0 aliphatic heterocycles. The van der Waals surface area contributed by atoms with Gasteiger partial charge in [0.2, 0.25) is 0 Å². The number of hydrogen-bond acceptors (Lipinski definition) is 0. The van der Waals surface area contributed by atoms with Crippen LogP contribution in [0.4, 0.5) is 0 Å². The van der Waals surface area contributed by atoms with Gasteiger partial charge in [0.05, 0.1) is 5.41 Å². The standard InChI is InChI=1S/C32H22Br2/c1-21-9-2-3-14-26(21)27-16-8-18-30-31(27)28-15-4-5-17-29(28)32(30,22-10-6-12-24(33)19-22)23-11-7-13-25(34)20-23/h2-20H,1H3. The van der Waals surface area contributed by atoms with Crippen LogP contribution in [0.25, 0.3) is 22.3 Å². The second-order valence-corrected chi connectivity index (χ2v) is 10.7. The molecule has 0 unspecified atom stereocenters. The molecule has 6 rings (SSSR count). The molecule has 0 N–H and O–H groups in total. The first-order valence-corrected chi connectivity index (χ1v) is 13.0. The normalized spacial score (nSPS) is 13.4. The van der Waals surface area contributed by atoms with Crippen molar-refractivity contribution in [3.63, 3.8) is 0 Å². The smallest absolute Gasteiger partial charge is 0.0620 e. The monoisotopic (exact) mass is 564 g/mol. The summed E-state index contributed by atoms with van der Waals surface area (Å²) in [7, 11) is 0. The Morgan fingerprint density at radius 2 is 1.03 bits per heavy atom. The lowest BCUT2D eigenvalue weighted by atomic mass is 9.67. The zero-order valence-electron chi connectivity index (χ0n) is 18.7. The molecule has 0 heterocycles. The van der Waals surface area contributed by atoms with E-state index in [1.807, 2.05) is 0 Å². The van der Waals surface area contributed by atoms with Crippen molar-refractivity contribution in [3.05, 3.63) is 152 Å². The van der Waals surface area contributed by atoms with Gasteiger partial charge < -0.3 is 0 Å². The fourth-order valence-electron chi connectivity index (χ4n) is 5.66. The van der Waals surface area contributed by atoms with Gasteiger partial charge in [-0.25, -0.2) is 0 Å². The van der Waals surface area contributed by atoms with Gasteiger partial charge in [-0.15, -0.1) is 0 Å². The number of fused-ring (bicyclic) bond motifs is 3. The lowest BCUT2D eigenvalue weighted by molar-refractivity contribution is 0.767. The van der Waals surface area contributed by atoms with Crippen molar-refractivity contribution >= 4 is 31.9 Å². The molecule has 0 saturated carbocycles. The predicted molar refractivity (Wildman–Crippen MR) is 149 cm³/mol. The van der Waals surface area contributed by atoms with Gasteiger partial charge in [0.15, 0.2) is 0 Å². The van der Waals surface area contributed by atoms with Gasteiger partial charge in [0, 0.05) is 8.95 Å². The fourth-order valence-corrected chi connectivity index (χ4v) is 6.46. The molecule has 1 aliphatic rings. The van der Waals surface area contributed by atoms with E-state index in [1.165, 1.54) is 50.1 Å². The van der Waals surface area contributed by atoms with Crippen LogP contribution < -0.4 is 0 Å².